The second kappa shape index (κ2) is 8.36. The van der Waals surface area contributed by atoms with Gasteiger partial charge in [-0.1, -0.05) is 32.0 Å². The van der Waals surface area contributed by atoms with Crippen LogP contribution in [0.1, 0.15) is 33.4 Å². The van der Waals surface area contributed by atoms with Crippen molar-refractivity contribution in [1.29, 1.82) is 0 Å². The van der Waals surface area contributed by atoms with Crippen LogP contribution >= 0.6 is 0 Å². The molecule has 0 fully saturated rings. The van der Waals surface area contributed by atoms with Crippen LogP contribution in [0, 0.1) is 5.92 Å². The van der Waals surface area contributed by atoms with E-state index in [9.17, 15) is 0 Å². The molecule has 0 aliphatic carbocycles. The largest absolute Gasteiger partial charge is 0.357 e. The van der Waals surface area contributed by atoms with Crippen molar-refractivity contribution in [3.63, 3.8) is 0 Å². The first-order valence-corrected chi connectivity index (χ1v) is 8.25. The van der Waals surface area contributed by atoms with E-state index >= 15 is 0 Å². The first-order valence-electron chi connectivity index (χ1n) is 8.25. The molecular weight excluding hydrogens is 286 g/mol. The first kappa shape index (κ1) is 17.1. The van der Waals surface area contributed by atoms with Gasteiger partial charge in [0.25, 0.3) is 0 Å². The summed E-state index contributed by atoms with van der Waals surface area (Å²) in [4.78, 5) is 4.63. The van der Waals surface area contributed by atoms with Crippen molar-refractivity contribution in [1.82, 2.24) is 20.4 Å². The van der Waals surface area contributed by atoms with E-state index in [1.54, 1.807) is 0 Å². The molecular formula is C18H27N5. The Morgan fingerprint density at radius 1 is 1.17 bits per heavy atom. The number of aliphatic imine (C=N–C) groups is 1. The molecule has 0 aliphatic heterocycles. The Labute approximate surface area is 138 Å². The molecule has 2 rings (SSSR count). The predicted molar refractivity (Wildman–Crippen MR) is 95.8 cm³/mol. The molecule has 0 bridgehead atoms. The summed E-state index contributed by atoms with van der Waals surface area (Å²) in [6, 6.07) is 12.5. The maximum Gasteiger partial charge on any atom is 0.191 e. The number of aromatic nitrogens is 2. The number of hydrogen-bond acceptors (Lipinski definition) is 2. The van der Waals surface area contributed by atoms with Crippen LogP contribution in [0.3, 0.4) is 0 Å². The van der Waals surface area contributed by atoms with Crippen LogP contribution in [0.15, 0.2) is 47.6 Å². The van der Waals surface area contributed by atoms with Crippen molar-refractivity contribution in [2.24, 2.45) is 10.9 Å². The topological polar surface area (TPSA) is 54.2 Å². The molecule has 1 unspecified atom stereocenters. The van der Waals surface area contributed by atoms with Crippen LogP contribution < -0.4 is 10.6 Å². The second-order valence-electron chi connectivity index (χ2n) is 5.96. The summed E-state index contributed by atoms with van der Waals surface area (Å²) in [5.74, 6) is 1.39. The summed E-state index contributed by atoms with van der Waals surface area (Å²) in [6.45, 7) is 10.0. The predicted octanol–water partition coefficient (Wildman–Crippen LogP) is 2.97. The van der Waals surface area contributed by atoms with Crippen molar-refractivity contribution < 1.29 is 0 Å². The minimum Gasteiger partial charge on any atom is -0.357 e. The Bertz CT molecular complexity index is 615. The standard InChI is InChI=1S/C18H27N5/c1-5-19-18(21-15(4)14(2)3)20-13-16-11-12-23(22-16)17-9-7-6-8-10-17/h6-12,14-15H,5,13H2,1-4H3,(H2,19,20,21). The van der Waals surface area contributed by atoms with E-state index < -0.39 is 0 Å². The van der Waals surface area contributed by atoms with E-state index in [2.05, 4.69) is 48.4 Å². The van der Waals surface area contributed by atoms with Gasteiger partial charge in [-0.3, -0.25) is 0 Å². The van der Waals surface area contributed by atoms with E-state index in [0.717, 1.165) is 23.9 Å². The molecule has 2 aromatic rings. The Balaban J connectivity index is 2.03. The van der Waals surface area contributed by atoms with Crippen molar-refractivity contribution in [3.05, 3.63) is 48.3 Å². The van der Waals surface area contributed by atoms with Crippen LogP contribution in [0.25, 0.3) is 5.69 Å². The molecule has 0 saturated carbocycles. The van der Waals surface area contributed by atoms with E-state index in [0.29, 0.717) is 18.5 Å². The van der Waals surface area contributed by atoms with Crippen molar-refractivity contribution in [2.45, 2.75) is 40.3 Å². The van der Waals surface area contributed by atoms with Gasteiger partial charge < -0.3 is 10.6 Å². The fourth-order valence-electron chi connectivity index (χ4n) is 2.03. The van der Waals surface area contributed by atoms with Gasteiger partial charge in [0.15, 0.2) is 5.96 Å². The maximum atomic E-state index is 4.63. The summed E-state index contributed by atoms with van der Waals surface area (Å²) in [5, 5.41) is 11.3. The molecule has 1 atom stereocenters. The molecule has 0 amide bonds. The lowest BCUT2D eigenvalue weighted by Crippen LogP contribution is -2.44. The lowest BCUT2D eigenvalue weighted by atomic mass is 10.1. The zero-order chi connectivity index (χ0) is 16.7. The maximum absolute atomic E-state index is 4.63. The summed E-state index contributed by atoms with van der Waals surface area (Å²) in [6.07, 6.45) is 1.97. The van der Waals surface area contributed by atoms with Crippen molar-refractivity contribution in [2.75, 3.05) is 6.54 Å². The summed E-state index contributed by atoms with van der Waals surface area (Å²) >= 11 is 0. The van der Waals surface area contributed by atoms with Gasteiger partial charge in [-0.15, -0.1) is 0 Å². The minimum absolute atomic E-state index is 0.370. The Hall–Kier alpha value is -2.30. The summed E-state index contributed by atoms with van der Waals surface area (Å²) in [7, 11) is 0. The zero-order valence-electron chi connectivity index (χ0n) is 14.5. The van der Waals surface area contributed by atoms with Crippen LogP contribution in [-0.2, 0) is 6.54 Å². The molecule has 0 saturated heterocycles. The van der Waals surface area contributed by atoms with Crippen LogP contribution in [-0.4, -0.2) is 28.3 Å². The quantitative estimate of drug-likeness (QED) is 0.637. The smallest absolute Gasteiger partial charge is 0.191 e. The fourth-order valence-corrected chi connectivity index (χ4v) is 2.03. The average Bonchev–Trinajstić information content (AvgIpc) is 3.02. The number of nitrogens with zero attached hydrogens (tertiary/aromatic N) is 3. The van der Waals surface area contributed by atoms with Crippen LogP contribution in [0.4, 0.5) is 0 Å². The lowest BCUT2D eigenvalue weighted by Gasteiger charge is -2.20. The van der Waals surface area contributed by atoms with E-state index in [1.165, 1.54) is 0 Å². The van der Waals surface area contributed by atoms with Crippen molar-refractivity contribution in [3.8, 4) is 5.69 Å². The summed E-state index contributed by atoms with van der Waals surface area (Å²) < 4.78 is 1.88. The monoisotopic (exact) mass is 313 g/mol. The van der Waals surface area contributed by atoms with Crippen LogP contribution in [0.2, 0.25) is 0 Å². The highest BCUT2D eigenvalue weighted by Crippen LogP contribution is 2.07. The third-order valence-corrected chi connectivity index (χ3v) is 3.77. The Morgan fingerprint density at radius 2 is 1.91 bits per heavy atom. The van der Waals surface area contributed by atoms with Gasteiger partial charge in [0.05, 0.1) is 17.9 Å². The third kappa shape index (κ3) is 5.13. The number of rotatable bonds is 6. The Morgan fingerprint density at radius 3 is 2.57 bits per heavy atom. The lowest BCUT2D eigenvalue weighted by molar-refractivity contribution is 0.481. The number of benzene rings is 1. The number of nitrogens with one attached hydrogen (secondary N) is 2. The van der Waals surface area contributed by atoms with Gasteiger partial charge in [0.1, 0.15) is 0 Å². The molecule has 2 N–H and O–H groups in total. The third-order valence-electron chi connectivity index (χ3n) is 3.77. The highest BCUT2D eigenvalue weighted by Gasteiger charge is 2.09. The first-order chi connectivity index (χ1) is 11.1. The number of para-hydroxylation sites is 1. The van der Waals surface area contributed by atoms with Gasteiger partial charge in [-0.25, -0.2) is 9.67 Å². The molecule has 5 nitrogen and oxygen atoms in total. The second-order valence-corrected chi connectivity index (χ2v) is 5.96. The molecule has 5 heteroatoms. The highest BCUT2D eigenvalue weighted by molar-refractivity contribution is 5.80. The highest BCUT2D eigenvalue weighted by atomic mass is 15.3. The van der Waals surface area contributed by atoms with Gasteiger partial charge in [-0.2, -0.15) is 5.10 Å². The number of guanidine groups is 1. The van der Waals surface area contributed by atoms with E-state index in [1.807, 2.05) is 47.3 Å². The number of hydrogen-bond donors (Lipinski definition) is 2. The zero-order valence-corrected chi connectivity index (χ0v) is 14.5. The van der Waals surface area contributed by atoms with E-state index in [-0.39, 0.29) is 0 Å². The Kier molecular flexibility index (Phi) is 6.20. The van der Waals surface area contributed by atoms with Gasteiger partial charge in [-0.05, 0) is 38.0 Å². The van der Waals surface area contributed by atoms with Gasteiger partial charge in [0, 0.05) is 18.8 Å². The molecule has 124 valence electrons. The fraction of sp³-hybridized carbons (Fsp3) is 0.444. The molecule has 0 radical (unpaired) electrons. The molecule has 23 heavy (non-hydrogen) atoms. The molecule has 0 aliphatic rings. The normalized spacial score (nSPS) is 13.2. The van der Waals surface area contributed by atoms with Crippen molar-refractivity contribution >= 4 is 5.96 Å². The summed E-state index contributed by atoms with van der Waals surface area (Å²) in [5.41, 5.74) is 2.00. The van der Waals surface area contributed by atoms with Gasteiger partial charge in [0.2, 0.25) is 0 Å². The van der Waals surface area contributed by atoms with E-state index in [4.69, 9.17) is 0 Å². The molecule has 1 aromatic heterocycles. The molecule has 0 spiro atoms. The SMILES string of the molecule is CCNC(=NCc1ccn(-c2ccccc2)n1)NC(C)C(C)C. The molecule has 1 aromatic carbocycles. The molecule has 1 heterocycles. The van der Waals surface area contributed by atoms with Crippen LogP contribution in [0.5, 0.6) is 0 Å². The van der Waals surface area contributed by atoms with Gasteiger partial charge >= 0.3 is 0 Å². The average molecular weight is 313 g/mol. The minimum atomic E-state index is 0.370.